The van der Waals surface area contributed by atoms with Gasteiger partial charge in [-0.25, -0.2) is 4.85 Å². The molecule has 0 aromatic heterocycles. The van der Waals surface area contributed by atoms with Crippen molar-refractivity contribution in [3.63, 3.8) is 0 Å². The molecule has 90 valence electrons. The summed E-state index contributed by atoms with van der Waals surface area (Å²) in [5, 5.41) is 0. The zero-order valence-corrected chi connectivity index (χ0v) is 11.6. The van der Waals surface area contributed by atoms with Gasteiger partial charge in [-0.05, 0) is 29.3 Å². The third-order valence-electron chi connectivity index (χ3n) is 2.68. The van der Waals surface area contributed by atoms with E-state index in [2.05, 4.69) is 32.9 Å². The van der Waals surface area contributed by atoms with Crippen molar-refractivity contribution in [1.29, 1.82) is 0 Å². The molecule has 2 aromatic rings. The quantitative estimate of drug-likeness (QED) is 0.756. The minimum absolute atomic E-state index is 0.602. The van der Waals surface area contributed by atoms with Crippen molar-refractivity contribution in [2.45, 2.75) is 6.42 Å². The average molecular weight is 302 g/mol. The van der Waals surface area contributed by atoms with E-state index >= 15 is 0 Å². The van der Waals surface area contributed by atoms with Gasteiger partial charge in [-0.3, -0.25) is 0 Å². The maximum absolute atomic E-state index is 7.00. The Bertz CT molecular complexity index is 602. The van der Waals surface area contributed by atoms with Crippen LogP contribution in [0.5, 0.6) is 5.75 Å². The summed E-state index contributed by atoms with van der Waals surface area (Å²) in [6, 6.07) is 13.7. The third kappa shape index (κ3) is 2.91. The van der Waals surface area contributed by atoms with Crippen LogP contribution >= 0.6 is 15.9 Å². The second kappa shape index (κ2) is 5.70. The molecule has 0 amide bonds. The van der Waals surface area contributed by atoms with Gasteiger partial charge < -0.3 is 4.74 Å². The Morgan fingerprint density at radius 2 is 2.06 bits per heavy atom. The minimum atomic E-state index is 0.602. The first-order valence-electron chi connectivity index (χ1n) is 5.52. The first-order chi connectivity index (χ1) is 8.72. The molecule has 0 aliphatic carbocycles. The van der Waals surface area contributed by atoms with Gasteiger partial charge in [0.1, 0.15) is 5.75 Å². The molecule has 0 saturated heterocycles. The van der Waals surface area contributed by atoms with Gasteiger partial charge in [-0.15, -0.1) is 0 Å². The summed E-state index contributed by atoms with van der Waals surface area (Å²) in [6.45, 7) is 7.00. The van der Waals surface area contributed by atoms with E-state index in [4.69, 9.17) is 11.3 Å². The zero-order valence-electron chi connectivity index (χ0n) is 9.98. The van der Waals surface area contributed by atoms with Crippen LogP contribution < -0.4 is 4.74 Å². The summed E-state index contributed by atoms with van der Waals surface area (Å²) >= 11 is 3.46. The number of hydrogen-bond acceptors (Lipinski definition) is 1. The van der Waals surface area contributed by atoms with Crippen molar-refractivity contribution >= 4 is 21.6 Å². The van der Waals surface area contributed by atoms with Crippen LogP contribution in [0.15, 0.2) is 46.9 Å². The van der Waals surface area contributed by atoms with Gasteiger partial charge in [-0.2, -0.15) is 0 Å². The molecular formula is C15H12BrNO. The van der Waals surface area contributed by atoms with Crippen LogP contribution in [0.3, 0.4) is 0 Å². The number of rotatable bonds is 3. The number of ether oxygens (including phenoxy) is 1. The molecule has 0 unspecified atom stereocenters. The molecule has 0 heterocycles. The lowest BCUT2D eigenvalue weighted by Gasteiger charge is -2.09. The molecule has 0 bridgehead atoms. The summed E-state index contributed by atoms with van der Waals surface area (Å²) < 4.78 is 6.40. The fraction of sp³-hybridized carbons (Fsp3) is 0.133. The summed E-state index contributed by atoms with van der Waals surface area (Å²) in [5.74, 6) is 0.767. The van der Waals surface area contributed by atoms with Crippen LogP contribution in [0.25, 0.3) is 4.85 Å². The van der Waals surface area contributed by atoms with Crippen LogP contribution in [-0.2, 0) is 6.42 Å². The molecule has 3 heteroatoms. The molecule has 0 aliphatic rings. The molecule has 18 heavy (non-hydrogen) atoms. The lowest BCUT2D eigenvalue weighted by Crippen LogP contribution is -1.93. The van der Waals surface area contributed by atoms with Crippen LogP contribution in [0, 0.1) is 6.57 Å². The fourth-order valence-corrected chi connectivity index (χ4v) is 2.26. The second-order valence-corrected chi connectivity index (χ2v) is 4.83. The van der Waals surface area contributed by atoms with Gasteiger partial charge in [0.25, 0.3) is 0 Å². The molecule has 2 nitrogen and oxygen atoms in total. The van der Waals surface area contributed by atoms with Crippen LogP contribution in [-0.4, -0.2) is 7.11 Å². The Balaban J connectivity index is 2.32. The van der Waals surface area contributed by atoms with Crippen molar-refractivity contribution in [2.24, 2.45) is 0 Å². The van der Waals surface area contributed by atoms with Crippen molar-refractivity contribution in [2.75, 3.05) is 7.11 Å². The topological polar surface area (TPSA) is 13.6 Å². The Morgan fingerprint density at radius 3 is 2.72 bits per heavy atom. The van der Waals surface area contributed by atoms with Crippen molar-refractivity contribution in [3.05, 3.63) is 69.5 Å². The number of methoxy groups -OCH3 is 1. The maximum atomic E-state index is 7.00. The average Bonchev–Trinajstić information content (AvgIpc) is 2.39. The Morgan fingerprint density at radius 1 is 1.22 bits per heavy atom. The maximum Gasteiger partial charge on any atom is 0.190 e. The van der Waals surface area contributed by atoms with Crippen molar-refractivity contribution in [1.82, 2.24) is 0 Å². The molecular weight excluding hydrogens is 290 g/mol. The summed E-state index contributed by atoms with van der Waals surface area (Å²) in [6.07, 6.45) is 0.793. The van der Waals surface area contributed by atoms with E-state index < -0.39 is 0 Å². The van der Waals surface area contributed by atoms with Crippen molar-refractivity contribution in [3.8, 4) is 5.75 Å². The molecule has 0 atom stereocenters. The van der Waals surface area contributed by atoms with Gasteiger partial charge in [-0.1, -0.05) is 40.2 Å². The van der Waals surface area contributed by atoms with Gasteiger partial charge in [0.15, 0.2) is 5.69 Å². The highest BCUT2D eigenvalue weighted by Gasteiger charge is 2.05. The van der Waals surface area contributed by atoms with Crippen molar-refractivity contribution < 1.29 is 4.74 Å². The highest BCUT2D eigenvalue weighted by molar-refractivity contribution is 9.10. The SMILES string of the molecule is [C-]#[N+]c1ccc(Cc2cccc(Br)c2)c(OC)c1. The zero-order chi connectivity index (χ0) is 13.0. The first kappa shape index (κ1) is 12.7. The largest absolute Gasteiger partial charge is 0.498 e. The summed E-state index contributed by atoms with van der Waals surface area (Å²) in [5.41, 5.74) is 2.89. The fourth-order valence-electron chi connectivity index (χ4n) is 1.82. The molecule has 0 fully saturated rings. The number of halogens is 1. The predicted octanol–water partition coefficient (Wildman–Crippen LogP) is 4.60. The van der Waals surface area contributed by atoms with E-state index in [0.717, 1.165) is 22.2 Å². The number of hydrogen-bond donors (Lipinski definition) is 0. The normalized spacial score (nSPS) is 9.83. The molecule has 2 aromatic carbocycles. The number of benzene rings is 2. The molecule has 2 rings (SSSR count). The monoisotopic (exact) mass is 301 g/mol. The highest BCUT2D eigenvalue weighted by atomic mass is 79.9. The Kier molecular flexibility index (Phi) is 4.01. The standard InChI is InChI=1S/C15H12BrNO/c1-17-14-7-6-12(15(10-14)18-2)8-11-4-3-5-13(16)9-11/h3-7,9-10H,8H2,2H3. The van der Waals surface area contributed by atoms with E-state index in [0.29, 0.717) is 5.69 Å². The van der Waals surface area contributed by atoms with Gasteiger partial charge in [0.2, 0.25) is 0 Å². The van der Waals surface area contributed by atoms with E-state index in [1.807, 2.05) is 24.3 Å². The van der Waals surface area contributed by atoms with E-state index in [-0.39, 0.29) is 0 Å². The molecule has 0 radical (unpaired) electrons. The summed E-state index contributed by atoms with van der Waals surface area (Å²) in [7, 11) is 1.63. The van der Waals surface area contributed by atoms with E-state index in [1.165, 1.54) is 5.56 Å². The lowest BCUT2D eigenvalue weighted by atomic mass is 10.0. The Labute approximate surface area is 115 Å². The molecule has 0 aliphatic heterocycles. The van der Waals surface area contributed by atoms with Gasteiger partial charge >= 0.3 is 0 Å². The third-order valence-corrected chi connectivity index (χ3v) is 3.18. The second-order valence-electron chi connectivity index (χ2n) is 3.91. The number of nitrogens with zero attached hydrogens (tertiary/aromatic N) is 1. The highest BCUT2D eigenvalue weighted by Crippen LogP contribution is 2.27. The van der Waals surface area contributed by atoms with E-state index in [9.17, 15) is 0 Å². The van der Waals surface area contributed by atoms with E-state index in [1.54, 1.807) is 13.2 Å². The van der Waals surface area contributed by atoms with Crippen LogP contribution in [0.1, 0.15) is 11.1 Å². The smallest absolute Gasteiger partial charge is 0.190 e. The minimum Gasteiger partial charge on any atom is -0.498 e. The predicted molar refractivity (Wildman–Crippen MR) is 76.2 cm³/mol. The molecule has 0 saturated carbocycles. The van der Waals surface area contributed by atoms with Gasteiger partial charge in [0, 0.05) is 10.9 Å². The Hall–Kier alpha value is -1.79. The molecule has 0 spiro atoms. The summed E-state index contributed by atoms with van der Waals surface area (Å²) in [4.78, 5) is 3.40. The van der Waals surface area contributed by atoms with Crippen LogP contribution in [0.2, 0.25) is 0 Å². The van der Waals surface area contributed by atoms with Gasteiger partial charge in [0.05, 0.1) is 13.7 Å². The lowest BCUT2D eigenvalue weighted by molar-refractivity contribution is 0.411. The van der Waals surface area contributed by atoms with Crippen LogP contribution in [0.4, 0.5) is 5.69 Å². The first-order valence-corrected chi connectivity index (χ1v) is 6.31. The molecule has 0 N–H and O–H groups in total.